The number of aromatic hydroxyl groups is 1. The van der Waals surface area contributed by atoms with E-state index < -0.39 is 53.7 Å². The molecule has 6 N–H and O–H groups in total. The van der Waals surface area contributed by atoms with Gasteiger partial charge in [0.15, 0.2) is 5.78 Å². The third kappa shape index (κ3) is 13.1. The molecule has 0 heterocycles. The number of hydrogen-bond donors (Lipinski definition) is 6. The minimum absolute atomic E-state index is 0.0267. The van der Waals surface area contributed by atoms with Crippen LogP contribution < -0.4 is 5.32 Å². The average Bonchev–Trinajstić information content (AvgIpc) is 2.97. The molecule has 0 saturated carbocycles. The molecule has 11 heteroatoms. The fraction of sp³-hybridized carbons (Fsp3) is 0.545. The lowest BCUT2D eigenvalue weighted by Gasteiger charge is -2.31. The molecule has 1 amide bonds. The Bertz CT molecular complexity index is 1130. The van der Waals surface area contributed by atoms with Crippen molar-refractivity contribution in [2.75, 3.05) is 0 Å². The highest BCUT2D eigenvalue weighted by molar-refractivity contribution is 5.94. The number of carbonyl (C=O) groups is 5. The van der Waals surface area contributed by atoms with Crippen LogP contribution in [0.5, 0.6) is 5.75 Å². The molecular weight excluding hydrogens is 570 g/mol. The van der Waals surface area contributed by atoms with Crippen LogP contribution in [-0.2, 0) is 30.4 Å². The second-order valence-electron chi connectivity index (χ2n) is 11.1. The first kappa shape index (κ1) is 38.0. The first-order valence-electron chi connectivity index (χ1n) is 15.1. The first-order chi connectivity index (χ1) is 20.9. The van der Waals surface area contributed by atoms with Crippen LogP contribution in [0.2, 0.25) is 0 Å². The van der Waals surface area contributed by atoms with E-state index in [9.17, 15) is 49.5 Å². The van der Waals surface area contributed by atoms with Crippen molar-refractivity contribution in [3.63, 3.8) is 0 Å². The van der Waals surface area contributed by atoms with E-state index in [0.29, 0.717) is 31.2 Å². The summed E-state index contributed by atoms with van der Waals surface area (Å²) in [4.78, 5) is 61.4. The lowest BCUT2D eigenvalue weighted by atomic mass is 9.71. The number of hydrogen-bond acceptors (Lipinski definition) is 7. The summed E-state index contributed by atoms with van der Waals surface area (Å²) in [6.07, 6.45) is 9.59. The van der Waals surface area contributed by atoms with Crippen molar-refractivity contribution in [2.24, 2.45) is 11.3 Å². The van der Waals surface area contributed by atoms with Crippen molar-refractivity contribution in [3.8, 4) is 5.75 Å². The van der Waals surface area contributed by atoms with E-state index >= 15 is 0 Å². The predicted molar refractivity (Wildman–Crippen MR) is 164 cm³/mol. The number of benzene rings is 1. The molecule has 0 spiro atoms. The summed E-state index contributed by atoms with van der Waals surface area (Å²) in [6.45, 7) is 5.58. The maximum Gasteiger partial charge on any atom is 0.326 e. The molecule has 1 aromatic carbocycles. The molecule has 0 aliphatic carbocycles. The van der Waals surface area contributed by atoms with Crippen molar-refractivity contribution in [1.82, 2.24) is 5.32 Å². The average molecular weight is 618 g/mol. The van der Waals surface area contributed by atoms with Gasteiger partial charge in [0, 0.05) is 12.8 Å². The number of aliphatic carboxylic acids is 3. The zero-order valence-corrected chi connectivity index (χ0v) is 25.5. The quantitative estimate of drug-likeness (QED) is 0.0701. The number of unbranched alkanes of at least 4 members (excludes halogenated alkanes) is 7. The summed E-state index contributed by atoms with van der Waals surface area (Å²) in [5.74, 6) is -7.20. The molecule has 0 aliphatic rings. The van der Waals surface area contributed by atoms with Crippen LogP contribution in [0.25, 0.3) is 0 Å². The van der Waals surface area contributed by atoms with E-state index in [1.54, 1.807) is 6.08 Å². The van der Waals surface area contributed by atoms with Crippen LogP contribution in [0.3, 0.4) is 0 Å². The van der Waals surface area contributed by atoms with E-state index in [1.807, 2.05) is 0 Å². The van der Waals surface area contributed by atoms with E-state index in [1.165, 1.54) is 30.3 Å². The Kier molecular flexibility index (Phi) is 17.3. The second kappa shape index (κ2) is 20.1. The molecule has 0 saturated heterocycles. The van der Waals surface area contributed by atoms with Crippen molar-refractivity contribution >= 4 is 29.6 Å². The number of carbonyl (C=O) groups excluding carboxylic acids is 2. The lowest BCUT2D eigenvalue weighted by molar-refractivity contribution is -0.157. The molecular formula is C33H47NO10. The Labute approximate surface area is 258 Å². The number of phenolic OH excluding ortho intramolecular Hbond substituents is 1. The highest BCUT2D eigenvalue weighted by atomic mass is 16.4. The number of rotatable bonds is 24. The van der Waals surface area contributed by atoms with Crippen LogP contribution in [0, 0.1) is 11.3 Å². The van der Waals surface area contributed by atoms with Gasteiger partial charge in [-0.2, -0.15) is 0 Å². The number of carboxylic acid groups (broad SMARTS) is 3. The summed E-state index contributed by atoms with van der Waals surface area (Å²) in [5, 5.41) is 51.0. The monoisotopic (exact) mass is 617 g/mol. The number of carboxylic acids is 3. The standard InChI is InChI=1S/C33H47NO10/c1-3-5-6-12-15-27(36)28(37)16-13-10-8-7-9-11-14-25(33(4-2,32(43)44)22-29(38)39)30(40)34-26(31(41)42)21-23-17-19-24(35)20-18-23/h4,11,14,17-20,25-27,35-36H,2-3,5-10,12-13,15-16,21-22H2,1H3,(H,34,40)(H,38,39)(H,41,42)(H,43,44)/b14-11+/t25-,26+,27?,33-/m1/s1. The molecule has 0 aliphatic heterocycles. The zero-order chi connectivity index (χ0) is 33.1. The first-order valence-corrected chi connectivity index (χ1v) is 15.1. The van der Waals surface area contributed by atoms with Crippen LogP contribution in [0.15, 0.2) is 49.1 Å². The Morgan fingerprint density at radius 3 is 2.14 bits per heavy atom. The van der Waals surface area contributed by atoms with Crippen molar-refractivity contribution in [2.45, 2.75) is 103 Å². The predicted octanol–water partition coefficient (Wildman–Crippen LogP) is 4.65. The van der Waals surface area contributed by atoms with Gasteiger partial charge < -0.3 is 30.8 Å². The molecule has 0 bridgehead atoms. The Hall–Kier alpha value is -3.99. The van der Waals surface area contributed by atoms with Gasteiger partial charge in [-0.1, -0.05) is 75.8 Å². The summed E-state index contributed by atoms with van der Waals surface area (Å²) < 4.78 is 0. The van der Waals surface area contributed by atoms with Crippen molar-refractivity contribution in [3.05, 3.63) is 54.6 Å². The normalized spacial score (nSPS) is 14.7. The molecule has 0 radical (unpaired) electrons. The molecule has 0 fully saturated rings. The van der Waals surface area contributed by atoms with Crippen LogP contribution in [-0.4, -0.2) is 67.3 Å². The summed E-state index contributed by atoms with van der Waals surface area (Å²) in [6, 6.07) is 4.23. The molecule has 1 aromatic rings. The summed E-state index contributed by atoms with van der Waals surface area (Å²) in [7, 11) is 0. The fourth-order valence-corrected chi connectivity index (χ4v) is 4.92. The number of ketones is 1. The van der Waals surface area contributed by atoms with Gasteiger partial charge in [0.1, 0.15) is 23.3 Å². The molecule has 11 nitrogen and oxygen atoms in total. The molecule has 4 atom stereocenters. The summed E-state index contributed by atoms with van der Waals surface area (Å²) in [5.41, 5.74) is -1.75. The van der Waals surface area contributed by atoms with E-state index in [0.717, 1.165) is 44.6 Å². The Morgan fingerprint density at radius 1 is 0.932 bits per heavy atom. The minimum atomic E-state index is -2.24. The Balaban J connectivity index is 2.87. The van der Waals surface area contributed by atoms with E-state index in [-0.39, 0.29) is 24.4 Å². The lowest BCUT2D eigenvalue weighted by Crippen LogP contribution is -2.51. The van der Waals surface area contributed by atoms with Gasteiger partial charge in [-0.15, -0.1) is 6.58 Å². The highest BCUT2D eigenvalue weighted by Crippen LogP contribution is 2.36. The van der Waals surface area contributed by atoms with Gasteiger partial charge in [0.2, 0.25) is 5.91 Å². The van der Waals surface area contributed by atoms with Crippen molar-refractivity contribution in [1.29, 1.82) is 0 Å². The van der Waals surface area contributed by atoms with Crippen LogP contribution >= 0.6 is 0 Å². The number of amides is 1. The van der Waals surface area contributed by atoms with E-state index in [4.69, 9.17) is 0 Å². The number of allylic oxidation sites excluding steroid dienone is 1. The molecule has 1 unspecified atom stereocenters. The van der Waals surface area contributed by atoms with Gasteiger partial charge >= 0.3 is 17.9 Å². The second-order valence-corrected chi connectivity index (χ2v) is 11.1. The van der Waals surface area contributed by atoms with E-state index in [2.05, 4.69) is 18.8 Å². The molecule has 244 valence electrons. The third-order valence-electron chi connectivity index (χ3n) is 7.61. The van der Waals surface area contributed by atoms with Gasteiger partial charge in [-0.25, -0.2) is 4.79 Å². The third-order valence-corrected chi connectivity index (χ3v) is 7.61. The molecule has 0 aromatic heterocycles. The summed E-state index contributed by atoms with van der Waals surface area (Å²) >= 11 is 0. The van der Waals surface area contributed by atoms with Crippen LogP contribution in [0.4, 0.5) is 0 Å². The smallest absolute Gasteiger partial charge is 0.326 e. The minimum Gasteiger partial charge on any atom is -0.508 e. The van der Waals surface area contributed by atoms with Crippen LogP contribution in [0.1, 0.15) is 89.5 Å². The van der Waals surface area contributed by atoms with Crippen molar-refractivity contribution < 1.29 is 49.5 Å². The maximum atomic E-state index is 13.4. The largest absolute Gasteiger partial charge is 0.508 e. The number of Topliss-reactive ketones (excluding diaryl/α,β-unsaturated/α-hetero) is 1. The number of aliphatic hydroxyl groups excluding tert-OH is 1. The SMILES string of the molecule is C=C[C@](CC(=O)O)(C(=O)O)[C@H](/C=C/CCCCCCC(=O)C(O)CCCCCC)C(=O)N[C@@H](Cc1ccc(O)cc1)C(=O)O. The highest BCUT2D eigenvalue weighted by Gasteiger charge is 2.48. The molecule has 1 rings (SSSR count). The topological polar surface area (TPSA) is 199 Å². The number of phenols is 1. The number of aliphatic hydroxyl groups is 1. The zero-order valence-electron chi connectivity index (χ0n) is 25.5. The van der Waals surface area contributed by atoms with Gasteiger partial charge in [-0.05, 0) is 43.4 Å². The van der Waals surface area contributed by atoms with Gasteiger partial charge in [-0.3, -0.25) is 19.2 Å². The van der Waals surface area contributed by atoms with Gasteiger partial charge in [0.25, 0.3) is 0 Å². The molecule has 44 heavy (non-hydrogen) atoms. The maximum absolute atomic E-state index is 13.4. The Morgan fingerprint density at radius 2 is 1.57 bits per heavy atom. The fourth-order valence-electron chi connectivity index (χ4n) is 4.92. The van der Waals surface area contributed by atoms with Gasteiger partial charge in [0.05, 0.1) is 12.3 Å². The number of nitrogens with one attached hydrogen (secondary N) is 1.